The number of nitrogens with one attached hydrogen (secondary N) is 1. The molecular formula is C7H17N2-. The molecule has 0 spiro atoms. The highest BCUT2D eigenvalue weighted by atomic mass is 15.4. The summed E-state index contributed by atoms with van der Waals surface area (Å²) in [7, 11) is 0. The molecule has 9 heavy (non-hydrogen) atoms. The Hall–Kier alpha value is -0.0800. The first-order valence-corrected chi connectivity index (χ1v) is 3.36. The lowest BCUT2D eigenvalue weighted by Gasteiger charge is -2.43. The molecule has 0 aromatic heterocycles. The topological polar surface area (TPSA) is 27.0 Å². The van der Waals surface area contributed by atoms with Gasteiger partial charge in [0.15, 0.2) is 0 Å². The van der Waals surface area contributed by atoms with Gasteiger partial charge in [0.25, 0.3) is 0 Å². The summed E-state index contributed by atoms with van der Waals surface area (Å²) in [4.78, 5) is 0. The summed E-state index contributed by atoms with van der Waals surface area (Å²) in [5, 5.41) is 1.60. The summed E-state index contributed by atoms with van der Waals surface area (Å²) in [5.41, 5.74) is -0.0197. The summed E-state index contributed by atoms with van der Waals surface area (Å²) in [5.74, 6) is 7.51. The fraction of sp³-hybridized carbons (Fsp3) is 1.00. The first-order chi connectivity index (χ1) is 3.85. The quantitative estimate of drug-likeness (QED) is 0.499. The maximum absolute atomic E-state index is 7.51. The van der Waals surface area contributed by atoms with Gasteiger partial charge in [0.2, 0.25) is 0 Å². The first kappa shape index (κ1) is 8.92. The van der Waals surface area contributed by atoms with E-state index in [1.807, 2.05) is 34.6 Å². The Bertz CT molecular complexity index is 81.4. The Morgan fingerprint density at radius 2 is 1.56 bits per heavy atom. The number of rotatable bonds is 1. The lowest BCUT2D eigenvalue weighted by Crippen LogP contribution is -2.39. The average molecular weight is 129 g/mol. The highest BCUT2D eigenvalue weighted by Gasteiger charge is 2.13. The molecule has 0 rings (SSSR count). The van der Waals surface area contributed by atoms with Gasteiger partial charge in [-0.1, -0.05) is 13.8 Å². The molecule has 0 saturated carbocycles. The molecule has 0 aromatic carbocycles. The molecule has 0 atom stereocenters. The molecule has 0 aliphatic heterocycles. The van der Waals surface area contributed by atoms with Crippen molar-refractivity contribution in [2.24, 2.45) is 0 Å². The van der Waals surface area contributed by atoms with Crippen molar-refractivity contribution in [3.63, 3.8) is 0 Å². The van der Waals surface area contributed by atoms with Gasteiger partial charge in [0.1, 0.15) is 0 Å². The fourth-order valence-corrected chi connectivity index (χ4v) is 0.775. The second-order valence-corrected chi connectivity index (χ2v) is 3.63. The Balaban J connectivity index is 3.88. The van der Waals surface area contributed by atoms with Crippen LogP contribution in [0.3, 0.4) is 0 Å². The van der Waals surface area contributed by atoms with Gasteiger partial charge in [0.05, 0.1) is 0 Å². The third-order valence-corrected chi connectivity index (χ3v) is 1.24. The minimum Gasteiger partial charge on any atom is -0.609 e. The lowest BCUT2D eigenvalue weighted by atomic mass is 10.1. The molecule has 2 heteroatoms. The van der Waals surface area contributed by atoms with E-state index in [-0.39, 0.29) is 5.54 Å². The smallest absolute Gasteiger partial charge is 0.00472 e. The highest BCUT2D eigenvalue weighted by molar-refractivity contribution is 4.78. The molecule has 56 valence electrons. The van der Waals surface area contributed by atoms with Crippen molar-refractivity contribution < 1.29 is 0 Å². The zero-order valence-electron chi connectivity index (χ0n) is 7.02. The van der Waals surface area contributed by atoms with E-state index in [2.05, 4.69) is 0 Å². The van der Waals surface area contributed by atoms with Crippen LogP contribution in [0, 0.1) is 0 Å². The SMILES string of the molecule is CC(C)N([NH-])C(C)(C)C. The van der Waals surface area contributed by atoms with Gasteiger partial charge in [-0.25, -0.2) is 0 Å². The van der Waals surface area contributed by atoms with Crippen LogP contribution in [-0.4, -0.2) is 16.6 Å². The van der Waals surface area contributed by atoms with E-state index in [4.69, 9.17) is 5.84 Å². The largest absolute Gasteiger partial charge is 0.609 e. The highest BCUT2D eigenvalue weighted by Crippen LogP contribution is 2.15. The van der Waals surface area contributed by atoms with E-state index in [1.54, 1.807) is 5.01 Å². The monoisotopic (exact) mass is 129 g/mol. The van der Waals surface area contributed by atoms with E-state index in [1.165, 1.54) is 0 Å². The van der Waals surface area contributed by atoms with E-state index in [0.29, 0.717) is 6.04 Å². The number of nitrogens with zero attached hydrogens (tertiary/aromatic N) is 1. The second kappa shape index (κ2) is 2.67. The zero-order chi connectivity index (χ0) is 7.65. The van der Waals surface area contributed by atoms with Crippen molar-refractivity contribution in [2.45, 2.75) is 46.2 Å². The van der Waals surface area contributed by atoms with Gasteiger partial charge in [-0.05, 0) is 32.4 Å². The Morgan fingerprint density at radius 1 is 1.22 bits per heavy atom. The molecule has 0 aliphatic rings. The van der Waals surface area contributed by atoms with Crippen LogP contribution in [0.15, 0.2) is 0 Å². The first-order valence-electron chi connectivity index (χ1n) is 3.36. The predicted molar refractivity (Wildman–Crippen MR) is 41.0 cm³/mol. The molecular weight excluding hydrogens is 112 g/mol. The van der Waals surface area contributed by atoms with Gasteiger partial charge < -0.3 is 10.9 Å². The average Bonchev–Trinajstić information content (AvgIpc) is 1.62. The van der Waals surface area contributed by atoms with Crippen LogP contribution in [0.2, 0.25) is 0 Å². The number of hydrogen-bond donors (Lipinski definition) is 0. The molecule has 0 radical (unpaired) electrons. The van der Waals surface area contributed by atoms with Crippen LogP contribution in [0.5, 0.6) is 0 Å². The van der Waals surface area contributed by atoms with Crippen LogP contribution < -0.4 is 0 Å². The molecule has 1 N–H and O–H groups in total. The van der Waals surface area contributed by atoms with Gasteiger partial charge in [-0.2, -0.15) is 0 Å². The maximum atomic E-state index is 7.51. The van der Waals surface area contributed by atoms with Crippen molar-refractivity contribution in [1.29, 1.82) is 0 Å². The zero-order valence-corrected chi connectivity index (χ0v) is 7.02. The van der Waals surface area contributed by atoms with E-state index >= 15 is 0 Å². The van der Waals surface area contributed by atoms with E-state index in [9.17, 15) is 0 Å². The van der Waals surface area contributed by atoms with Crippen LogP contribution in [0.4, 0.5) is 0 Å². The molecule has 0 amide bonds. The predicted octanol–water partition coefficient (Wildman–Crippen LogP) is 2.46. The van der Waals surface area contributed by atoms with Crippen molar-refractivity contribution in [1.82, 2.24) is 5.01 Å². The standard InChI is InChI=1S/C7H17N2/c1-6(2)9(8)7(3,4)5/h6,8H,1-5H3/q-1. The molecule has 0 saturated heterocycles. The summed E-state index contributed by atoms with van der Waals surface area (Å²) in [6.07, 6.45) is 0. The molecule has 0 unspecified atom stereocenters. The van der Waals surface area contributed by atoms with Gasteiger partial charge in [-0.3, -0.25) is 0 Å². The van der Waals surface area contributed by atoms with E-state index in [0.717, 1.165) is 0 Å². The van der Waals surface area contributed by atoms with Gasteiger partial charge >= 0.3 is 0 Å². The fourth-order valence-electron chi connectivity index (χ4n) is 0.775. The molecule has 2 nitrogen and oxygen atoms in total. The normalized spacial score (nSPS) is 13.3. The molecule has 0 heterocycles. The van der Waals surface area contributed by atoms with Crippen molar-refractivity contribution >= 4 is 0 Å². The number of hydrogen-bond acceptors (Lipinski definition) is 1. The summed E-state index contributed by atoms with van der Waals surface area (Å²) in [6, 6.07) is 0.310. The molecule has 0 aromatic rings. The second-order valence-electron chi connectivity index (χ2n) is 3.63. The van der Waals surface area contributed by atoms with Crippen LogP contribution in [-0.2, 0) is 0 Å². The Labute approximate surface area is 58.0 Å². The molecule has 0 bridgehead atoms. The Kier molecular flexibility index (Phi) is 2.65. The van der Waals surface area contributed by atoms with E-state index < -0.39 is 0 Å². The lowest BCUT2D eigenvalue weighted by molar-refractivity contribution is 0.165. The van der Waals surface area contributed by atoms with Crippen LogP contribution >= 0.6 is 0 Å². The summed E-state index contributed by atoms with van der Waals surface area (Å²) in [6.45, 7) is 10.2. The maximum Gasteiger partial charge on any atom is -0.00472 e. The molecule has 0 fully saturated rings. The van der Waals surface area contributed by atoms with Gasteiger partial charge in [-0.15, -0.1) is 0 Å². The van der Waals surface area contributed by atoms with Crippen LogP contribution in [0.25, 0.3) is 5.84 Å². The Morgan fingerprint density at radius 3 is 1.56 bits per heavy atom. The van der Waals surface area contributed by atoms with Crippen molar-refractivity contribution in [3.05, 3.63) is 5.84 Å². The van der Waals surface area contributed by atoms with Crippen LogP contribution in [0.1, 0.15) is 34.6 Å². The van der Waals surface area contributed by atoms with Gasteiger partial charge in [0, 0.05) is 0 Å². The summed E-state index contributed by atoms with van der Waals surface area (Å²) >= 11 is 0. The van der Waals surface area contributed by atoms with Crippen molar-refractivity contribution in [2.75, 3.05) is 0 Å². The summed E-state index contributed by atoms with van der Waals surface area (Å²) < 4.78 is 0. The van der Waals surface area contributed by atoms with Crippen molar-refractivity contribution in [3.8, 4) is 0 Å². The third kappa shape index (κ3) is 2.82. The minimum atomic E-state index is -0.0197. The third-order valence-electron chi connectivity index (χ3n) is 1.24. The minimum absolute atomic E-state index is 0.0197. The molecule has 0 aliphatic carbocycles.